The molecular formula is C14H20N2O3. The van der Waals surface area contributed by atoms with E-state index in [0.717, 1.165) is 5.56 Å². The standard InChI is InChI=1S/C14H20N2O3/c1-3-19-14(18)10(2)16-13(17)12(15)9-11-7-5-4-6-8-11/h4-8,10,12H,3,9,15H2,1-2H3,(H,16,17). The van der Waals surface area contributed by atoms with E-state index in [4.69, 9.17) is 10.5 Å². The predicted octanol–water partition coefficient (Wildman–Crippen LogP) is 0.624. The molecule has 1 amide bonds. The summed E-state index contributed by atoms with van der Waals surface area (Å²) in [5, 5.41) is 2.55. The van der Waals surface area contributed by atoms with Crippen LogP contribution in [-0.2, 0) is 20.7 Å². The van der Waals surface area contributed by atoms with E-state index in [9.17, 15) is 9.59 Å². The minimum absolute atomic E-state index is 0.287. The zero-order valence-electron chi connectivity index (χ0n) is 11.3. The molecule has 0 bridgehead atoms. The van der Waals surface area contributed by atoms with Crippen LogP contribution in [0.5, 0.6) is 0 Å². The Bertz CT molecular complexity index is 420. The summed E-state index contributed by atoms with van der Waals surface area (Å²) in [5.74, 6) is -0.813. The summed E-state index contributed by atoms with van der Waals surface area (Å²) in [4.78, 5) is 23.2. The lowest BCUT2D eigenvalue weighted by molar-refractivity contribution is -0.147. The van der Waals surface area contributed by atoms with E-state index in [-0.39, 0.29) is 12.5 Å². The van der Waals surface area contributed by atoms with Gasteiger partial charge in [0.05, 0.1) is 12.6 Å². The molecule has 0 saturated carbocycles. The lowest BCUT2D eigenvalue weighted by Gasteiger charge is -2.16. The molecule has 0 aliphatic carbocycles. The topological polar surface area (TPSA) is 81.4 Å². The number of nitrogens with two attached hydrogens (primary N) is 1. The van der Waals surface area contributed by atoms with Crippen molar-refractivity contribution in [1.29, 1.82) is 0 Å². The smallest absolute Gasteiger partial charge is 0.328 e. The van der Waals surface area contributed by atoms with Crippen molar-refractivity contribution in [1.82, 2.24) is 5.32 Å². The molecule has 0 spiro atoms. The number of esters is 1. The molecule has 104 valence electrons. The quantitative estimate of drug-likeness (QED) is 0.738. The number of hydrogen-bond donors (Lipinski definition) is 2. The highest BCUT2D eigenvalue weighted by Crippen LogP contribution is 2.02. The lowest BCUT2D eigenvalue weighted by atomic mass is 10.1. The molecule has 19 heavy (non-hydrogen) atoms. The van der Waals surface area contributed by atoms with Gasteiger partial charge in [0.2, 0.25) is 5.91 Å². The van der Waals surface area contributed by atoms with Crippen LogP contribution in [0.1, 0.15) is 19.4 Å². The number of rotatable bonds is 6. The molecule has 0 aliphatic heterocycles. The van der Waals surface area contributed by atoms with E-state index >= 15 is 0 Å². The predicted molar refractivity (Wildman–Crippen MR) is 72.4 cm³/mol. The van der Waals surface area contributed by atoms with Crippen molar-refractivity contribution in [2.45, 2.75) is 32.4 Å². The fourth-order valence-electron chi connectivity index (χ4n) is 1.61. The van der Waals surface area contributed by atoms with Crippen molar-refractivity contribution in [3.63, 3.8) is 0 Å². The summed E-state index contributed by atoms with van der Waals surface area (Å²) in [5.41, 5.74) is 6.79. The van der Waals surface area contributed by atoms with Crippen molar-refractivity contribution in [2.24, 2.45) is 5.73 Å². The lowest BCUT2D eigenvalue weighted by Crippen LogP contribution is -2.48. The molecule has 0 fully saturated rings. The SMILES string of the molecule is CCOC(=O)C(C)NC(=O)C(N)Cc1ccccc1. The zero-order chi connectivity index (χ0) is 14.3. The van der Waals surface area contributed by atoms with Crippen LogP contribution in [0.3, 0.4) is 0 Å². The molecule has 0 aliphatic rings. The molecule has 2 unspecified atom stereocenters. The molecule has 1 aromatic rings. The van der Waals surface area contributed by atoms with E-state index in [0.29, 0.717) is 6.42 Å². The van der Waals surface area contributed by atoms with Gasteiger partial charge in [-0.15, -0.1) is 0 Å². The number of carbonyl (C=O) groups excluding carboxylic acids is 2. The van der Waals surface area contributed by atoms with Crippen LogP contribution in [0.25, 0.3) is 0 Å². The highest BCUT2D eigenvalue weighted by atomic mass is 16.5. The summed E-state index contributed by atoms with van der Waals surface area (Å²) < 4.78 is 4.81. The van der Waals surface area contributed by atoms with Gasteiger partial charge in [-0.1, -0.05) is 30.3 Å². The maximum absolute atomic E-state index is 11.8. The Hall–Kier alpha value is -1.88. The molecule has 5 nitrogen and oxygen atoms in total. The van der Waals surface area contributed by atoms with E-state index in [2.05, 4.69) is 5.32 Å². The third kappa shape index (κ3) is 5.09. The Morgan fingerprint density at radius 1 is 1.32 bits per heavy atom. The summed E-state index contributed by atoms with van der Waals surface area (Å²) in [6.45, 7) is 3.58. The molecule has 1 aromatic carbocycles. The molecule has 5 heteroatoms. The van der Waals surface area contributed by atoms with Gasteiger partial charge in [0.25, 0.3) is 0 Å². The fourth-order valence-corrected chi connectivity index (χ4v) is 1.61. The molecule has 3 N–H and O–H groups in total. The maximum Gasteiger partial charge on any atom is 0.328 e. The van der Waals surface area contributed by atoms with Gasteiger partial charge in [0.15, 0.2) is 0 Å². The van der Waals surface area contributed by atoms with Crippen LogP contribution in [0.15, 0.2) is 30.3 Å². The van der Waals surface area contributed by atoms with Crippen LogP contribution in [0.2, 0.25) is 0 Å². The minimum atomic E-state index is -0.686. The molecule has 0 saturated heterocycles. The first-order chi connectivity index (χ1) is 9.04. The summed E-state index contributed by atoms with van der Waals surface area (Å²) in [7, 11) is 0. The number of nitrogens with one attached hydrogen (secondary N) is 1. The largest absolute Gasteiger partial charge is 0.464 e. The second kappa shape index (κ2) is 7.53. The van der Waals surface area contributed by atoms with Crippen molar-refractivity contribution < 1.29 is 14.3 Å². The van der Waals surface area contributed by atoms with Crippen molar-refractivity contribution in [3.05, 3.63) is 35.9 Å². The highest BCUT2D eigenvalue weighted by Gasteiger charge is 2.20. The molecule has 0 radical (unpaired) electrons. The van der Waals surface area contributed by atoms with Crippen LogP contribution >= 0.6 is 0 Å². The molecule has 0 heterocycles. The zero-order valence-corrected chi connectivity index (χ0v) is 11.3. The van der Waals surface area contributed by atoms with Gasteiger partial charge >= 0.3 is 5.97 Å². The average molecular weight is 264 g/mol. The normalized spacial score (nSPS) is 13.4. The fraction of sp³-hybridized carbons (Fsp3) is 0.429. The number of ether oxygens (including phenoxy) is 1. The third-order valence-electron chi connectivity index (χ3n) is 2.63. The Morgan fingerprint density at radius 2 is 1.95 bits per heavy atom. The molecule has 2 atom stereocenters. The van der Waals surface area contributed by atoms with Crippen LogP contribution in [-0.4, -0.2) is 30.6 Å². The Morgan fingerprint density at radius 3 is 2.53 bits per heavy atom. The van der Waals surface area contributed by atoms with E-state index < -0.39 is 18.1 Å². The van der Waals surface area contributed by atoms with E-state index in [1.807, 2.05) is 30.3 Å². The van der Waals surface area contributed by atoms with Gasteiger partial charge < -0.3 is 15.8 Å². The van der Waals surface area contributed by atoms with Gasteiger partial charge in [-0.25, -0.2) is 4.79 Å². The molecule has 0 aromatic heterocycles. The monoisotopic (exact) mass is 264 g/mol. The number of amides is 1. The number of hydrogen-bond acceptors (Lipinski definition) is 4. The summed E-state index contributed by atoms with van der Waals surface area (Å²) >= 11 is 0. The van der Waals surface area contributed by atoms with Crippen LogP contribution in [0, 0.1) is 0 Å². The summed E-state index contributed by atoms with van der Waals surface area (Å²) in [6, 6.07) is 8.12. The van der Waals surface area contributed by atoms with Crippen molar-refractivity contribution in [3.8, 4) is 0 Å². The van der Waals surface area contributed by atoms with Gasteiger partial charge in [0.1, 0.15) is 6.04 Å². The molecule has 1 rings (SSSR count). The Kier molecular flexibility index (Phi) is 6.02. The first-order valence-corrected chi connectivity index (χ1v) is 6.31. The van der Waals surface area contributed by atoms with E-state index in [1.165, 1.54) is 0 Å². The Balaban J connectivity index is 2.47. The Labute approximate surface area is 113 Å². The van der Waals surface area contributed by atoms with Crippen molar-refractivity contribution in [2.75, 3.05) is 6.61 Å². The molecular weight excluding hydrogens is 244 g/mol. The third-order valence-corrected chi connectivity index (χ3v) is 2.63. The summed E-state index contributed by atoms with van der Waals surface area (Å²) in [6.07, 6.45) is 0.433. The average Bonchev–Trinajstić information content (AvgIpc) is 2.40. The maximum atomic E-state index is 11.8. The van der Waals surface area contributed by atoms with Gasteiger partial charge in [-0.3, -0.25) is 4.79 Å². The van der Waals surface area contributed by atoms with Gasteiger partial charge in [0, 0.05) is 0 Å². The first-order valence-electron chi connectivity index (χ1n) is 6.31. The van der Waals surface area contributed by atoms with E-state index in [1.54, 1.807) is 13.8 Å². The number of carbonyl (C=O) groups is 2. The van der Waals surface area contributed by atoms with Crippen LogP contribution < -0.4 is 11.1 Å². The van der Waals surface area contributed by atoms with Gasteiger partial charge in [-0.05, 0) is 25.8 Å². The minimum Gasteiger partial charge on any atom is -0.464 e. The van der Waals surface area contributed by atoms with Crippen molar-refractivity contribution >= 4 is 11.9 Å². The van der Waals surface area contributed by atoms with Crippen LogP contribution in [0.4, 0.5) is 0 Å². The first kappa shape index (κ1) is 15.2. The van der Waals surface area contributed by atoms with Gasteiger partial charge in [-0.2, -0.15) is 0 Å². The second-order valence-electron chi connectivity index (χ2n) is 4.28. The number of benzene rings is 1. The second-order valence-corrected chi connectivity index (χ2v) is 4.28. The highest BCUT2D eigenvalue weighted by molar-refractivity contribution is 5.87.